The number of carbonyl (C=O) groups is 2. The summed E-state index contributed by atoms with van der Waals surface area (Å²) < 4.78 is 3.27. The zero-order chi connectivity index (χ0) is 21.3. The van der Waals surface area contributed by atoms with Crippen molar-refractivity contribution in [1.82, 2.24) is 9.78 Å². The predicted octanol–water partition coefficient (Wildman–Crippen LogP) is 2.17. The molecule has 1 heterocycles. The molecule has 1 aromatic heterocycles. The second-order valence-electron chi connectivity index (χ2n) is 6.43. The molecule has 0 fully saturated rings. The molecule has 30 heavy (non-hydrogen) atoms. The highest BCUT2D eigenvalue weighted by atomic mass is 79.9. The van der Waals surface area contributed by atoms with Gasteiger partial charge in [0.15, 0.2) is 12.3 Å². The lowest BCUT2D eigenvalue weighted by Gasteiger charge is -2.05. The number of Topliss-reactive ketones (excluding diaryl/α,β-unsaturated/α-hetero) is 2. The third-order valence-corrected chi connectivity index (χ3v) is 5.57. The summed E-state index contributed by atoms with van der Waals surface area (Å²) in [6.07, 6.45) is 0. The van der Waals surface area contributed by atoms with E-state index in [-0.39, 0.29) is 46.7 Å². The number of rotatable bonds is 6. The smallest absolute Gasteiger partial charge is 0.274 e. The average molecular weight is 552 g/mol. The Kier molecular flexibility index (Phi) is 8.48. The lowest BCUT2D eigenvalue weighted by atomic mass is 10.1. The minimum Gasteiger partial charge on any atom is -1.00 e. The quantitative estimate of drug-likeness (QED) is 0.349. The molecule has 3 aromatic rings. The van der Waals surface area contributed by atoms with Crippen molar-refractivity contribution in [2.24, 2.45) is 0 Å². The first kappa shape index (κ1) is 24.8. The molecule has 0 unspecified atom stereocenters. The Labute approximate surface area is 204 Å². The fourth-order valence-electron chi connectivity index (χ4n) is 2.93. The van der Waals surface area contributed by atoms with E-state index in [1.54, 1.807) is 47.4 Å². The molecule has 3 rings (SSSR count). The van der Waals surface area contributed by atoms with E-state index in [1.165, 1.54) is 12.1 Å². The molecule has 0 atom stereocenters. The van der Waals surface area contributed by atoms with Gasteiger partial charge >= 0.3 is 0 Å². The largest absolute Gasteiger partial charge is 1.00 e. The van der Waals surface area contributed by atoms with E-state index < -0.39 is 0 Å². The summed E-state index contributed by atoms with van der Waals surface area (Å²) in [4.78, 5) is 25.3. The van der Waals surface area contributed by atoms with Gasteiger partial charge in [0.1, 0.15) is 6.54 Å². The third-order valence-electron chi connectivity index (χ3n) is 4.48. The van der Waals surface area contributed by atoms with E-state index in [9.17, 15) is 9.59 Å². The first-order valence-corrected chi connectivity index (χ1v) is 10.1. The molecular formula is C20H16BrCl4N3O2. The molecule has 2 aromatic carbocycles. The fraction of sp³-hybridized carbons (Fsp3) is 0.200. The minimum absolute atomic E-state index is 0. The number of hydrogen-bond donors (Lipinski definition) is 0. The van der Waals surface area contributed by atoms with Crippen LogP contribution in [0.4, 0.5) is 0 Å². The van der Waals surface area contributed by atoms with Crippen molar-refractivity contribution >= 4 is 58.0 Å². The molecule has 0 saturated heterocycles. The van der Waals surface area contributed by atoms with E-state index in [0.29, 0.717) is 37.8 Å². The second kappa shape index (κ2) is 10.2. The van der Waals surface area contributed by atoms with Gasteiger partial charge in [0.25, 0.3) is 5.82 Å². The highest BCUT2D eigenvalue weighted by Crippen LogP contribution is 2.23. The zero-order valence-electron chi connectivity index (χ0n) is 15.9. The van der Waals surface area contributed by atoms with E-state index in [0.717, 1.165) is 0 Å². The van der Waals surface area contributed by atoms with Gasteiger partial charge < -0.3 is 17.0 Å². The molecule has 0 amide bonds. The number of aryl methyl sites for hydroxylation is 1. The number of carbonyl (C=O) groups excluding carboxylic acids is 2. The number of nitrogens with zero attached hydrogens (tertiary/aromatic N) is 3. The van der Waals surface area contributed by atoms with Gasteiger partial charge in [0.05, 0.1) is 10.0 Å². The standard InChI is InChI=1S/C20H16Cl4N3O2.BrH/c1-11-25-27(10-20(29)16-6-4-14(22)8-18(16)24)12(2)26(11)9-19(28)15-5-3-13(21)7-17(15)23;/h3-8H,9-10H2,1-2H3;1H/q+1;/p-1. The van der Waals surface area contributed by atoms with Crippen molar-refractivity contribution in [1.29, 1.82) is 0 Å². The van der Waals surface area contributed by atoms with Crippen molar-refractivity contribution in [3.05, 3.63) is 79.3 Å². The third kappa shape index (κ3) is 5.42. The fourth-order valence-corrected chi connectivity index (χ4v) is 3.96. The maximum atomic E-state index is 12.7. The Balaban J connectivity index is 0.00000320. The summed E-state index contributed by atoms with van der Waals surface area (Å²) in [6, 6.07) is 9.44. The molecule has 0 spiro atoms. The monoisotopic (exact) mass is 549 g/mol. The number of hydrogen-bond acceptors (Lipinski definition) is 3. The van der Waals surface area contributed by atoms with Crippen molar-refractivity contribution in [3.8, 4) is 0 Å². The van der Waals surface area contributed by atoms with Gasteiger partial charge in [-0.2, -0.15) is 0 Å². The Bertz CT molecular complexity index is 1130. The van der Waals surface area contributed by atoms with E-state index >= 15 is 0 Å². The van der Waals surface area contributed by atoms with Gasteiger partial charge in [-0.25, -0.2) is 4.57 Å². The molecule has 158 valence electrons. The topological polar surface area (TPSA) is 55.8 Å². The summed E-state index contributed by atoms with van der Waals surface area (Å²) in [5.74, 6) is 0.848. The van der Waals surface area contributed by atoms with Crippen molar-refractivity contribution in [3.63, 3.8) is 0 Å². The molecule has 5 nitrogen and oxygen atoms in total. The molecule has 0 aliphatic rings. The summed E-state index contributed by atoms with van der Waals surface area (Å²) in [6.45, 7) is 3.57. The van der Waals surface area contributed by atoms with Gasteiger partial charge in [-0.05, 0) is 36.4 Å². The van der Waals surface area contributed by atoms with Crippen LogP contribution in [0.2, 0.25) is 20.1 Å². The van der Waals surface area contributed by atoms with Crippen LogP contribution in [0.1, 0.15) is 32.4 Å². The number of aromatic nitrogens is 3. The Morgan fingerprint density at radius 1 is 0.900 bits per heavy atom. The lowest BCUT2D eigenvalue weighted by molar-refractivity contribution is -0.695. The molecule has 0 aliphatic carbocycles. The van der Waals surface area contributed by atoms with Crippen LogP contribution in [-0.4, -0.2) is 21.3 Å². The van der Waals surface area contributed by atoms with Gasteiger partial charge in [-0.15, -0.1) is 4.68 Å². The number of ketones is 2. The Morgan fingerprint density at radius 2 is 1.40 bits per heavy atom. The molecular weight excluding hydrogens is 536 g/mol. The van der Waals surface area contributed by atoms with Crippen LogP contribution in [0.25, 0.3) is 0 Å². The Morgan fingerprint density at radius 3 is 1.90 bits per heavy atom. The maximum absolute atomic E-state index is 12.7. The van der Waals surface area contributed by atoms with Gasteiger partial charge in [0, 0.05) is 40.1 Å². The van der Waals surface area contributed by atoms with E-state index in [1.807, 2.05) is 0 Å². The van der Waals surface area contributed by atoms with Crippen molar-refractivity contribution < 1.29 is 31.1 Å². The number of benzene rings is 2. The SMILES string of the molecule is Cc1nn(CC(=O)c2ccc(Cl)cc2Cl)c(C)[n+]1CC(=O)c1ccc(Cl)cc1Cl.[Br-]. The van der Waals surface area contributed by atoms with Gasteiger partial charge in [-0.3, -0.25) is 9.59 Å². The summed E-state index contributed by atoms with van der Waals surface area (Å²) in [5, 5.41) is 5.87. The predicted molar refractivity (Wildman–Crippen MR) is 113 cm³/mol. The van der Waals surface area contributed by atoms with Gasteiger partial charge in [-0.1, -0.05) is 46.4 Å². The number of halogens is 5. The highest BCUT2D eigenvalue weighted by molar-refractivity contribution is 6.37. The van der Waals surface area contributed by atoms with Gasteiger partial charge in [0.2, 0.25) is 11.6 Å². The highest BCUT2D eigenvalue weighted by Gasteiger charge is 2.25. The van der Waals surface area contributed by atoms with Crippen LogP contribution in [0.5, 0.6) is 0 Å². The second-order valence-corrected chi connectivity index (χ2v) is 8.12. The van der Waals surface area contributed by atoms with Crippen molar-refractivity contribution in [2.75, 3.05) is 0 Å². The summed E-state index contributed by atoms with van der Waals surface area (Å²) >= 11 is 24.0. The molecule has 0 N–H and O–H groups in total. The molecule has 0 bridgehead atoms. The maximum Gasteiger partial charge on any atom is 0.274 e. The minimum atomic E-state index is -0.212. The van der Waals surface area contributed by atoms with Crippen LogP contribution in [0.3, 0.4) is 0 Å². The average Bonchev–Trinajstić information content (AvgIpc) is 2.88. The van der Waals surface area contributed by atoms with Crippen molar-refractivity contribution in [2.45, 2.75) is 26.9 Å². The van der Waals surface area contributed by atoms with Crippen LogP contribution < -0.4 is 21.5 Å². The first-order valence-electron chi connectivity index (χ1n) is 8.57. The summed E-state index contributed by atoms with van der Waals surface area (Å²) in [5.41, 5.74) is 0.735. The van der Waals surface area contributed by atoms with Crippen LogP contribution >= 0.6 is 46.4 Å². The molecule has 0 aliphatic heterocycles. The molecule has 0 radical (unpaired) electrons. The Hall–Kier alpha value is -1.44. The molecule has 0 saturated carbocycles. The first-order chi connectivity index (χ1) is 13.7. The van der Waals surface area contributed by atoms with Crippen LogP contribution in [0.15, 0.2) is 36.4 Å². The van der Waals surface area contributed by atoms with Crippen LogP contribution in [-0.2, 0) is 13.1 Å². The van der Waals surface area contributed by atoms with Crippen LogP contribution in [0, 0.1) is 13.8 Å². The lowest BCUT2D eigenvalue weighted by Crippen LogP contribution is -3.00. The zero-order valence-corrected chi connectivity index (χ0v) is 20.5. The van der Waals surface area contributed by atoms with E-state index in [2.05, 4.69) is 5.10 Å². The van der Waals surface area contributed by atoms with E-state index in [4.69, 9.17) is 46.4 Å². The molecule has 10 heteroatoms. The normalized spacial score (nSPS) is 10.6. The summed E-state index contributed by atoms with van der Waals surface area (Å²) in [7, 11) is 0.